The molecule has 0 aromatic heterocycles. The van der Waals surface area contributed by atoms with E-state index in [9.17, 15) is 23.1 Å². The van der Waals surface area contributed by atoms with E-state index in [-0.39, 0.29) is 16.7 Å². The van der Waals surface area contributed by atoms with Gasteiger partial charge in [0.15, 0.2) is 17.5 Å². The average Bonchev–Trinajstić information content (AvgIpc) is 2.82. The zero-order valence-corrected chi connectivity index (χ0v) is 18.9. The Labute approximate surface area is 196 Å². The molecular weight excluding hydrogens is 444 g/mol. The minimum absolute atomic E-state index is 0.270. The minimum Gasteiger partial charge on any atom is -0.478 e. The maximum atomic E-state index is 15.3. The molecule has 34 heavy (non-hydrogen) atoms. The predicted molar refractivity (Wildman–Crippen MR) is 124 cm³/mol. The molecule has 1 fully saturated rings. The van der Waals surface area contributed by atoms with Gasteiger partial charge in [0.1, 0.15) is 5.82 Å². The predicted octanol–water partition coefficient (Wildman–Crippen LogP) is 8.35. The van der Waals surface area contributed by atoms with Crippen LogP contribution in [-0.2, 0) is 0 Å². The van der Waals surface area contributed by atoms with Gasteiger partial charge in [-0.05, 0) is 78.0 Å². The zero-order valence-electron chi connectivity index (χ0n) is 18.9. The van der Waals surface area contributed by atoms with E-state index in [2.05, 4.69) is 6.92 Å². The molecular formula is C28H26F4O2. The third kappa shape index (κ3) is 4.72. The molecule has 0 atom stereocenters. The summed E-state index contributed by atoms with van der Waals surface area (Å²) >= 11 is 0. The van der Waals surface area contributed by atoms with Crippen LogP contribution in [0.1, 0.15) is 67.3 Å². The smallest absolute Gasteiger partial charge is 0.338 e. The minimum atomic E-state index is -1.67. The highest BCUT2D eigenvalue weighted by molar-refractivity contribution is 5.94. The molecule has 178 valence electrons. The van der Waals surface area contributed by atoms with Crippen LogP contribution in [0.25, 0.3) is 22.3 Å². The molecule has 0 unspecified atom stereocenters. The molecule has 0 bridgehead atoms. The van der Waals surface area contributed by atoms with Crippen LogP contribution in [0.2, 0.25) is 0 Å². The van der Waals surface area contributed by atoms with E-state index in [0.717, 1.165) is 24.8 Å². The standard InChI is InChI=1S/C28H26F4O2/c1-2-3-16-4-6-17(7-5-16)18-8-10-19(11-9-18)21-12-13-22(28(33)34)26(31)25(21)20-14-23(29)27(32)24(30)15-20/h8-17H,2-7H2,1H3,(H,33,34)/t16-,17-. The Hall–Kier alpha value is -3.15. The van der Waals surface area contributed by atoms with E-state index in [1.165, 1.54) is 37.3 Å². The Kier molecular flexibility index (Phi) is 7.05. The van der Waals surface area contributed by atoms with Gasteiger partial charge in [-0.2, -0.15) is 0 Å². The number of rotatable bonds is 6. The highest BCUT2D eigenvalue weighted by Crippen LogP contribution is 2.40. The van der Waals surface area contributed by atoms with Gasteiger partial charge in [0.05, 0.1) is 5.56 Å². The summed E-state index contributed by atoms with van der Waals surface area (Å²) < 4.78 is 56.6. The first-order valence-electron chi connectivity index (χ1n) is 11.6. The molecule has 1 N–H and O–H groups in total. The normalized spacial score (nSPS) is 18.1. The summed E-state index contributed by atoms with van der Waals surface area (Å²) in [4.78, 5) is 11.5. The second kappa shape index (κ2) is 10.00. The van der Waals surface area contributed by atoms with Crippen molar-refractivity contribution in [1.82, 2.24) is 0 Å². The van der Waals surface area contributed by atoms with Gasteiger partial charge >= 0.3 is 5.97 Å². The van der Waals surface area contributed by atoms with Gasteiger partial charge in [-0.25, -0.2) is 22.4 Å². The summed E-state index contributed by atoms with van der Waals surface area (Å²) in [6, 6.07) is 11.4. The molecule has 0 spiro atoms. The van der Waals surface area contributed by atoms with E-state index in [1.54, 1.807) is 0 Å². The number of hydrogen-bond acceptors (Lipinski definition) is 1. The number of benzene rings is 3. The van der Waals surface area contributed by atoms with Crippen molar-refractivity contribution in [1.29, 1.82) is 0 Å². The zero-order chi connectivity index (χ0) is 24.4. The fourth-order valence-electron chi connectivity index (χ4n) is 5.09. The Bertz CT molecular complexity index is 1170. The molecule has 1 saturated carbocycles. The van der Waals surface area contributed by atoms with E-state index < -0.39 is 34.8 Å². The maximum absolute atomic E-state index is 15.3. The van der Waals surface area contributed by atoms with Crippen LogP contribution in [0.4, 0.5) is 17.6 Å². The number of carboxylic acids is 1. The Morgan fingerprint density at radius 2 is 1.47 bits per heavy atom. The van der Waals surface area contributed by atoms with Gasteiger partial charge < -0.3 is 5.11 Å². The summed E-state index contributed by atoms with van der Waals surface area (Å²) in [7, 11) is 0. The Morgan fingerprint density at radius 1 is 0.853 bits per heavy atom. The summed E-state index contributed by atoms with van der Waals surface area (Å²) in [5.41, 5.74) is 0.826. The Balaban J connectivity index is 1.72. The first-order valence-corrected chi connectivity index (χ1v) is 11.6. The molecule has 6 heteroatoms. The van der Waals surface area contributed by atoms with Crippen molar-refractivity contribution >= 4 is 5.97 Å². The van der Waals surface area contributed by atoms with E-state index in [1.807, 2.05) is 24.3 Å². The second-order valence-corrected chi connectivity index (χ2v) is 9.04. The summed E-state index contributed by atoms with van der Waals surface area (Å²) in [6.07, 6.45) is 7.10. The number of carboxylic acid groups (broad SMARTS) is 1. The van der Waals surface area contributed by atoms with E-state index in [4.69, 9.17) is 0 Å². The Morgan fingerprint density at radius 3 is 2.03 bits per heavy atom. The lowest BCUT2D eigenvalue weighted by Crippen LogP contribution is -2.13. The molecule has 1 aliphatic carbocycles. The molecule has 3 aromatic rings. The van der Waals surface area contributed by atoms with Gasteiger partial charge in [0.2, 0.25) is 0 Å². The van der Waals surface area contributed by atoms with Crippen LogP contribution in [0.3, 0.4) is 0 Å². The fourth-order valence-corrected chi connectivity index (χ4v) is 5.09. The highest BCUT2D eigenvalue weighted by atomic mass is 19.2. The van der Waals surface area contributed by atoms with Crippen LogP contribution in [0.15, 0.2) is 48.5 Å². The number of hydrogen-bond donors (Lipinski definition) is 1. The molecule has 2 nitrogen and oxygen atoms in total. The average molecular weight is 471 g/mol. The molecule has 3 aromatic carbocycles. The van der Waals surface area contributed by atoms with Gasteiger partial charge in [0, 0.05) is 5.56 Å². The van der Waals surface area contributed by atoms with Crippen molar-refractivity contribution in [3.8, 4) is 22.3 Å². The van der Waals surface area contributed by atoms with E-state index >= 15 is 4.39 Å². The molecule has 1 aliphatic rings. The van der Waals surface area contributed by atoms with Crippen LogP contribution in [0, 0.1) is 29.2 Å². The first kappa shape index (κ1) is 24.0. The van der Waals surface area contributed by atoms with Gasteiger partial charge in [0.25, 0.3) is 0 Å². The number of aromatic carboxylic acids is 1. The molecule has 0 saturated heterocycles. The monoisotopic (exact) mass is 470 g/mol. The lowest BCUT2D eigenvalue weighted by Gasteiger charge is -2.28. The van der Waals surface area contributed by atoms with Crippen LogP contribution in [0.5, 0.6) is 0 Å². The quantitative estimate of drug-likeness (QED) is 0.290. The van der Waals surface area contributed by atoms with Gasteiger partial charge in [-0.3, -0.25) is 0 Å². The maximum Gasteiger partial charge on any atom is 0.338 e. The van der Waals surface area contributed by atoms with Gasteiger partial charge in [-0.15, -0.1) is 0 Å². The summed E-state index contributed by atoms with van der Waals surface area (Å²) in [5, 5.41) is 9.34. The lowest BCUT2D eigenvalue weighted by molar-refractivity contribution is 0.0692. The van der Waals surface area contributed by atoms with Crippen molar-refractivity contribution in [3.05, 3.63) is 82.9 Å². The van der Waals surface area contributed by atoms with Gasteiger partial charge in [-0.1, -0.05) is 50.1 Å². The molecule has 0 amide bonds. The van der Waals surface area contributed by atoms with E-state index in [0.29, 0.717) is 23.6 Å². The molecule has 0 heterocycles. The molecule has 0 radical (unpaired) electrons. The second-order valence-electron chi connectivity index (χ2n) is 9.04. The van der Waals surface area contributed by atoms with Crippen LogP contribution < -0.4 is 0 Å². The van der Waals surface area contributed by atoms with Crippen LogP contribution >= 0.6 is 0 Å². The van der Waals surface area contributed by atoms with Crippen LogP contribution in [-0.4, -0.2) is 11.1 Å². The third-order valence-electron chi connectivity index (χ3n) is 6.88. The third-order valence-corrected chi connectivity index (χ3v) is 6.88. The summed E-state index contributed by atoms with van der Waals surface area (Å²) in [6.45, 7) is 2.21. The topological polar surface area (TPSA) is 37.3 Å². The first-order chi connectivity index (χ1) is 16.3. The van der Waals surface area contributed by atoms with Crippen molar-refractivity contribution in [3.63, 3.8) is 0 Å². The lowest BCUT2D eigenvalue weighted by atomic mass is 9.77. The van der Waals surface area contributed by atoms with Crippen molar-refractivity contribution < 1.29 is 27.5 Å². The van der Waals surface area contributed by atoms with Crippen molar-refractivity contribution in [2.75, 3.05) is 0 Å². The highest BCUT2D eigenvalue weighted by Gasteiger charge is 2.24. The number of carbonyl (C=O) groups is 1. The number of halogens is 4. The SMILES string of the molecule is CCC[C@H]1CC[C@H](c2ccc(-c3ccc(C(=O)O)c(F)c3-c3cc(F)c(F)c(F)c3)cc2)CC1. The largest absolute Gasteiger partial charge is 0.478 e. The fraction of sp³-hybridized carbons (Fsp3) is 0.321. The molecule has 4 rings (SSSR count). The van der Waals surface area contributed by atoms with Crippen molar-refractivity contribution in [2.45, 2.75) is 51.4 Å². The van der Waals surface area contributed by atoms with Crippen molar-refractivity contribution in [2.24, 2.45) is 5.92 Å². The summed E-state index contributed by atoms with van der Waals surface area (Å²) in [5.74, 6) is -6.03. The molecule has 0 aliphatic heterocycles.